The average molecular weight is 362 g/mol. The van der Waals surface area contributed by atoms with E-state index in [1.54, 1.807) is 12.1 Å². The molecule has 0 bridgehead atoms. The van der Waals surface area contributed by atoms with Crippen molar-refractivity contribution in [3.63, 3.8) is 0 Å². The predicted molar refractivity (Wildman–Crippen MR) is 97.7 cm³/mol. The molecule has 0 fully saturated rings. The fourth-order valence-electron chi connectivity index (χ4n) is 2.77. The van der Waals surface area contributed by atoms with E-state index < -0.39 is 5.97 Å². The molecule has 27 heavy (non-hydrogen) atoms. The molecule has 0 aliphatic carbocycles. The minimum absolute atomic E-state index is 0.00648. The number of furan rings is 1. The number of nitrogen functional groups attached to an aromatic ring is 1. The fourth-order valence-corrected chi connectivity index (χ4v) is 2.77. The second kappa shape index (κ2) is 6.65. The standard InChI is InChI=1S/C19H14N4O4/c1-9-12(19(25)26)6-15(27-9)16-13(7-20)17(23-18(22)14(16)8-21)10-2-4-11(24)5-3-10/h2-6,8,21,24H,1H3,(H2,22,23)(H,25,26). The Labute approximate surface area is 153 Å². The molecule has 3 rings (SSSR count). The van der Waals surface area contributed by atoms with Crippen molar-refractivity contribution < 1.29 is 19.4 Å². The number of phenols is 1. The average Bonchev–Trinajstić information content (AvgIpc) is 3.03. The molecule has 0 unspecified atom stereocenters. The van der Waals surface area contributed by atoms with Gasteiger partial charge in [-0.1, -0.05) is 0 Å². The highest BCUT2D eigenvalue weighted by Gasteiger charge is 2.24. The number of carboxylic acids is 1. The van der Waals surface area contributed by atoms with Crippen LogP contribution in [-0.4, -0.2) is 27.4 Å². The summed E-state index contributed by atoms with van der Waals surface area (Å²) in [5.74, 6) is -0.853. The lowest BCUT2D eigenvalue weighted by Crippen LogP contribution is -2.05. The van der Waals surface area contributed by atoms with Gasteiger partial charge in [-0.15, -0.1) is 0 Å². The van der Waals surface area contributed by atoms with Gasteiger partial charge in [-0.25, -0.2) is 9.78 Å². The number of nitriles is 1. The number of aromatic carboxylic acids is 1. The predicted octanol–water partition coefficient (Wildman–Crippen LogP) is 3.17. The molecule has 0 radical (unpaired) electrons. The number of hydrogen-bond acceptors (Lipinski definition) is 7. The van der Waals surface area contributed by atoms with Crippen molar-refractivity contribution in [1.29, 1.82) is 10.7 Å². The van der Waals surface area contributed by atoms with Crippen LogP contribution in [0.4, 0.5) is 5.82 Å². The van der Waals surface area contributed by atoms with E-state index in [1.165, 1.54) is 25.1 Å². The summed E-state index contributed by atoms with van der Waals surface area (Å²) in [5, 5.41) is 36.1. The lowest BCUT2D eigenvalue weighted by atomic mass is 9.95. The molecule has 0 aliphatic rings. The lowest BCUT2D eigenvalue weighted by molar-refractivity contribution is 0.0695. The summed E-state index contributed by atoms with van der Waals surface area (Å²) >= 11 is 0. The summed E-state index contributed by atoms with van der Waals surface area (Å²) in [7, 11) is 0. The number of nitrogens with zero attached hydrogens (tertiary/aromatic N) is 2. The SMILES string of the molecule is Cc1oc(-c2c(C#N)c(-c3ccc(O)cc3)nc(N)c2C=N)cc1C(=O)O. The van der Waals surface area contributed by atoms with Gasteiger partial charge in [0.25, 0.3) is 0 Å². The molecule has 1 aromatic carbocycles. The van der Waals surface area contributed by atoms with E-state index in [-0.39, 0.29) is 51.0 Å². The molecule has 8 nitrogen and oxygen atoms in total. The third-order valence-electron chi connectivity index (χ3n) is 4.06. The first-order chi connectivity index (χ1) is 12.9. The number of carbonyl (C=O) groups is 1. The molecule has 8 heteroatoms. The van der Waals surface area contributed by atoms with Crippen molar-refractivity contribution in [1.82, 2.24) is 4.98 Å². The topological polar surface area (TPSA) is 157 Å². The fraction of sp³-hybridized carbons (Fsp3) is 0.0526. The molecule has 0 saturated heterocycles. The molecule has 0 spiro atoms. The first-order valence-electron chi connectivity index (χ1n) is 7.75. The Morgan fingerprint density at radius 3 is 2.56 bits per heavy atom. The molecule has 134 valence electrons. The van der Waals surface area contributed by atoms with E-state index >= 15 is 0 Å². The molecule has 0 saturated carbocycles. The molecule has 0 amide bonds. The number of aromatic nitrogens is 1. The maximum Gasteiger partial charge on any atom is 0.339 e. The Kier molecular flexibility index (Phi) is 4.36. The largest absolute Gasteiger partial charge is 0.508 e. The maximum atomic E-state index is 11.3. The van der Waals surface area contributed by atoms with E-state index in [0.717, 1.165) is 6.21 Å². The number of nitrogens with one attached hydrogen (secondary N) is 1. The summed E-state index contributed by atoms with van der Waals surface area (Å²) in [4.78, 5) is 15.6. The number of rotatable bonds is 4. The zero-order valence-electron chi connectivity index (χ0n) is 14.1. The zero-order chi connectivity index (χ0) is 19.7. The van der Waals surface area contributed by atoms with Crippen LogP contribution in [0.5, 0.6) is 5.75 Å². The van der Waals surface area contributed by atoms with Crippen LogP contribution in [0.2, 0.25) is 0 Å². The van der Waals surface area contributed by atoms with E-state index in [9.17, 15) is 20.3 Å². The minimum atomic E-state index is -1.17. The number of aryl methyl sites for hydroxylation is 1. The van der Waals surface area contributed by atoms with Crippen LogP contribution >= 0.6 is 0 Å². The monoisotopic (exact) mass is 362 g/mol. The minimum Gasteiger partial charge on any atom is -0.508 e. The Hall–Kier alpha value is -4.12. The Morgan fingerprint density at radius 1 is 1.37 bits per heavy atom. The van der Waals surface area contributed by atoms with E-state index in [2.05, 4.69) is 4.98 Å². The van der Waals surface area contributed by atoms with Crippen molar-refractivity contribution >= 4 is 18.0 Å². The number of aromatic hydroxyl groups is 1. The van der Waals surface area contributed by atoms with Gasteiger partial charge in [0, 0.05) is 22.9 Å². The molecule has 0 aliphatic heterocycles. The van der Waals surface area contributed by atoms with Crippen LogP contribution in [0.3, 0.4) is 0 Å². The van der Waals surface area contributed by atoms with Crippen molar-refractivity contribution in [3.05, 3.63) is 52.8 Å². The van der Waals surface area contributed by atoms with Crippen molar-refractivity contribution in [2.24, 2.45) is 0 Å². The normalized spacial score (nSPS) is 10.4. The van der Waals surface area contributed by atoms with E-state index in [0.29, 0.717) is 5.56 Å². The Balaban J connectivity index is 2.37. The van der Waals surface area contributed by atoms with Gasteiger partial charge in [0.15, 0.2) is 0 Å². The molecule has 2 heterocycles. The smallest absolute Gasteiger partial charge is 0.339 e. The highest BCUT2D eigenvalue weighted by Crippen LogP contribution is 2.37. The van der Waals surface area contributed by atoms with Crippen LogP contribution in [0.1, 0.15) is 27.2 Å². The number of phenolic OH excluding ortho intramolecular Hbond substituents is 1. The Bertz CT molecular complexity index is 1110. The maximum absolute atomic E-state index is 11.3. The zero-order valence-corrected chi connectivity index (χ0v) is 14.1. The molecule has 5 N–H and O–H groups in total. The van der Waals surface area contributed by atoms with Gasteiger partial charge in [0.05, 0.1) is 11.3 Å². The lowest BCUT2D eigenvalue weighted by Gasteiger charge is -2.13. The summed E-state index contributed by atoms with van der Waals surface area (Å²) in [6, 6.07) is 9.36. The second-order valence-corrected chi connectivity index (χ2v) is 5.70. The number of benzene rings is 1. The van der Waals surface area contributed by atoms with Crippen LogP contribution in [-0.2, 0) is 0 Å². The van der Waals surface area contributed by atoms with Crippen molar-refractivity contribution in [3.8, 4) is 34.4 Å². The van der Waals surface area contributed by atoms with Crippen molar-refractivity contribution in [2.75, 3.05) is 5.73 Å². The number of hydrogen-bond donors (Lipinski definition) is 4. The second-order valence-electron chi connectivity index (χ2n) is 5.70. The van der Waals surface area contributed by atoms with Gasteiger partial charge in [-0.3, -0.25) is 0 Å². The van der Waals surface area contributed by atoms with Gasteiger partial charge >= 0.3 is 5.97 Å². The van der Waals surface area contributed by atoms with Crippen molar-refractivity contribution in [2.45, 2.75) is 6.92 Å². The number of carboxylic acid groups (broad SMARTS) is 1. The van der Waals surface area contributed by atoms with Gasteiger partial charge in [-0.2, -0.15) is 5.26 Å². The Morgan fingerprint density at radius 2 is 2.04 bits per heavy atom. The summed E-state index contributed by atoms with van der Waals surface area (Å²) < 4.78 is 5.55. The quantitative estimate of drug-likeness (QED) is 0.519. The van der Waals surface area contributed by atoms with Gasteiger partial charge in [0.1, 0.15) is 34.7 Å². The third-order valence-corrected chi connectivity index (χ3v) is 4.06. The van der Waals surface area contributed by atoms with Gasteiger partial charge < -0.3 is 25.8 Å². The molecule has 0 atom stereocenters. The molecule has 3 aromatic rings. The number of anilines is 1. The van der Waals surface area contributed by atoms with E-state index in [1.807, 2.05) is 6.07 Å². The van der Waals surface area contributed by atoms with Gasteiger partial charge in [0.2, 0.25) is 0 Å². The number of pyridine rings is 1. The number of nitrogens with two attached hydrogens (primary N) is 1. The summed E-state index contributed by atoms with van der Waals surface area (Å²) in [6.07, 6.45) is 0.942. The molecular weight excluding hydrogens is 348 g/mol. The van der Waals surface area contributed by atoms with Crippen LogP contribution in [0, 0.1) is 23.7 Å². The van der Waals surface area contributed by atoms with E-state index in [4.69, 9.17) is 15.6 Å². The molecule has 2 aromatic heterocycles. The van der Waals surface area contributed by atoms with Crippen LogP contribution in [0.25, 0.3) is 22.6 Å². The van der Waals surface area contributed by atoms with Crippen LogP contribution in [0.15, 0.2) is 34.7 Å². The summed E-state index contributed by atoms with van der Waals surface area (Å²) in [5.41, 5.74) is 7.13. The highest BCUT2D eigenvalue weighted by atomic mass is 16.4. The summed E-state index contributed by atoms with van der Waals surface area (Å²) in [6.45, 7) is 1.49. The highest BCUT2D eigenvalue weighted by molar-refractivity contribution is 5.99. The molecular formula is C19H14N4O4. The first-order valence-corrected chi connectivity index (χ1v) is 7.75. The van der Waals surface area contributed by atoms with Crippen LogP contribution < -0.4 is 5.73 Å². The third kappa shape index (κ3) is 2.98. The first kappa shape index (κ1) is 17.7. The van der Waals surface area contributed by atoms with Gasteiger partial charge in [-0.05, 0) is 37.3 Å².